The first-order valence-electron chi connectivity index (χ1n) is 8.20. The molecule has 1 N–H and O–H groups in total. The molecule has 1 heterocycles. The summed E-state index contributed by atoms with van der Waals surface area (Å²) in [6, 6.07) is 7.73. The molecule has 0 amide bonds. The Morgan fingerprint density at radius 2 is 2.04 bits per heavy atom. The molecule has 7 nitrogen and oxygen atoms in total. The molecule has 0 aliphatic rings. The summed E-state index contributed by atoms with van der Waals surface area (Å²) in [5.74, 6) is 0.572. The molecule has 27 heavy (non-hydrogen) atoms. The Hall–Kier alpha value is -2.93. The highest BCUT2D eigenvalue weighted by Crippen LogP contribution is 2.21. The summed E-state index contributed by atoms with van der Waals surface area (Å²) < 4.78 is 6.49. The molecule has 1 aromatic heterocycles. The number of ether oxygens (including phenoxy) is 1. The van der Waals surface area contributed by atoms with Gasteiger partial charge in [-0.05, 0) is 51.3 Å². The maximum Gasteiger partial charge on any atom is 0.435 e. The quantitative estimate of drug-likeness (QED) is 0.353. The number of halogens is 1. The Morgan fingerprint density at radius 1 is 1.33 bits per heavy atom. The van der Waals surface area contributed by atoms with Gasteiger partial charge in [-0.1, -0.05) is 12.1 Å². The van der Waals surface area contributed by atoms with Gasteiger partial charge in [-0.15, -0.1) is 11.6 Å². The van der Waals surface area contributed by atoms with E-state index in [1.54, 1.807) is 18.5 Å². The number of carbonyl (C=O) groups is 1. The fourth-order valence-corrected chi connectivity index (χ4v) is 2.22. The van der Waals surface area contributed by atoms with Crippen LogP contribution in [0.2, 0.25) is 0 Å². The molecule has 0 atom stereocenters. The molecular weight excluding hydrogens is 366 g/mol. The average Bonchev–Trinajstić information content (AvgIpc) is 3.09. The Balaban J connectivity index is 2.11. The molecule has 0 radical (unpaired) electrons. The first-order chi connectivity index (χ1) is 12.8. The lowest BCUT2D eigenvalue weighted by Crippen LogP contribution is -2.27. The summed E-state index contributed by atoms with van der Waals surface area (Å²) >= 11 is 5.66. The van der Waals surface area contributed by atoms with Gasteiger partial charge in [0.05, 0.1) is 6.20 Å². The number of nitrogens with one attached hydrogen (secondary N) is 1. The molecular formula is C19H22ClN5O2. The van der Waals surface area contributed by atoms with E-state index in [0.717, 1.165) is 16.8 Å². The molecule has 0 aliphatic heterocycles. The van der Waals surface area contributed by atoms with Gasteiger partial charge in [-0.25, -0.2) is 4.79 Å². The molecule has 2 rings (SSSR count). The van der Waals surface area contributed by atoms with E-state index >= 15 is 0 Å². The van der Waals surface area contributed by atoms with Crippen molar-refractivity contribution in [1.29, 1.82) is 0 Å². The van der Waals surface area contributed by atoms with E-state index in [1.165, 1.54) is 10.9 Å². The number of aromatic nitrogens is 2. The number of alkyl halides is 1. The highest BCUT2D eigenvalue weighted by Gasteiger charge is 2.18. The summed E-state index contributed by atoms with van der Waals surface area (Å²) in [6.07, 6.45) is 5.93. The van der Waals surface area contributed by atoms with Crippen molar-refractivity contribution in [1.82, 2.24) is 9.78 Å². The Kier molecular flexibility index (Phi) is 6.90. The summed E-state index contributed by atoms with van der Waals surface area (Å²) in [6.45, 7) is 8.81. The minimum absolute atomic E-state index is 0.131. The zero-order valence-electron chi connectivity index (χ0n) is 15.5. The van der Waals surface area contributed by atoms with Crippen LogP contribution in [0.25, 0.3) is 11.1 Å². The van der Waals surface area contributed by atoms with Crippen molar-refractivity contribution in [3.8, 4) is 11.1 Å². The molecule has 0 spiro atoms. The van der Waals surface area contributed by atoms with E-state index in [9.17, 15) is 4.79 Å². The average molecular weight is 388 g/mol. The van der Waals surface area contributed by atoms with Crippen molar-refractivity contribution in [2.24, 2.45) is 9.98 Å². The van der Waals surface area contributed by atoms with Gasteiger partial charge in [0.2, 0.25) is 0 Å². The molecule has 0 unspecified atom stereocenters. The number of anilines is 1. The fourth-order valence-electron chi connectivity index (χ4n) is 2.10. The van der Waals surface area contributed by atoms with Crippen molar-refractivity contribution >= 4 is 35.9 Å². The number of hydrogen-bond acceptors (Lipinski definition) is 5. The number of rotatable bonds is 5. The molecule has 142 valence electrons. The number of amidine groups is 1. The molecule has 2 aromatic rings. The van der Waals surface area contributed by atoms with E-state index in [4.69, 9.17) is 16.3 Å². The number of aliphatic imine (C=N–C) groups is 2. The molecule has 0 fully saturated rings. The second-order valence-electron chi connectivity index (χ2n) is 6.52. The Bertz CT molecular complexity index is 848. The van der Waals surface area contributed by atoms with Crippen LogP contribution in [0.4, 0.5) is 10.5 Å². The molecule has 0 bridgehead atoms. The van der Waals surface area contributed by atoms with Gasteiger partial charge >= 0.3 is 6.09 Å². The highest BCUT2D eigenvalue weighted by atomic mass is 35.5. The van der Waals surface area contributed by atoms with Crippen LogP contribution in [0.3, 0.4) is 0 Å². The summed E-state index contributed by atoms with van der Waals surface area (Å²) in [5, 5.41) is 7.21. The number of carbonyl (C=O) groups excluding carboxylic acids is 1. The fraction of sp³-hybridized carbons (Fsp3) is 0.263. The van der Waals surface area contributed by atoms with Crippen LogP contribution in [-0.2, 0) is 4.74 Å². The Morgan fingerprint density at radius 3 is 2.63 bits per heavy atom. The minimum Gasteiger partial charge on any atom is -0.442 e. The minimum atomic E-state index is -0.575. The van der Waals surface area contributed by atoms with Gasteiger partial charge in [0.25, 0.3) is 0 Å². The van der Waals surface area contributed by atoms with Crippen LogP contribution < -0.4 is 5.32 Å². The SMILES string of the molecule is C=N/C=C\C(=NCCl)Nc1ccc(-c2cnn(C(=O)OC(C)(C)C)c2)cc1. The third-order valence-corrected chi connectivity index (χ3v) is 3.34. The first-order valence-corrected chi connectivity index (χ1v) is 8.74. The predicted octanol–water partition coefficient (Wildman–Crippen LogP) is 4.55. The maximum absolute atomic E-state index is 12.1. The second kappa shape index (κ2) is 9.14. The molecule has 1 aromatic carbocycles. The van der Waals surface area contributed by atoms with Gasteiger partial charge in [0.1, 0.15) is 17.4 Å². The van der Waals surface area contributed by atoms with E-state index < -0.39 is 11.7 Å². The lowest BCUT2D eigenvalue weighted by Gasteiger charge is -2.18. The third-order valence-electron chi connectivity index (χ3n) is 3.22. The summed E-state index contributed by atoms with van der Waals surface area (Å²) in [4.78, 5) is 19.8. The van der Waals surface area contributed by atoms with Gasteiger partial charge in [-0.2, -0.15) is 9.78 Å². The summed E-state index contributed by atoms with van der Waals surface area (Å²) in [5.41, 5.74) is 1.97. The van der Waals surface area contributed by atoms with Crippen molar-refractivity contribution in [2.45, 2.75) is 26.4 Å². The zero-order chi connectivity index (χ0) is 19.9. The van der Waals surface area contributed by atoms with E-state index in [0.29, 0.717) is 5.84 Å². The molecule has 8 heteroatoms. The maximum atomic E-state index is 12.1. The van der Waals surface area contributed by atoms with Crippen molar-refractivity contribution < 1.29 is 9.53 Å². The van der Waals surface area contributed by atoms with Gasteiger partial charge < -0.3 is 10.1 Å². The standard InChI is InChI=1S/C19H22ClN5O2/c1-19(2,3)27-18(26)25-12-15(11-23-25)14-5-7-16(8-6-14)24-17(22-13-20)9-10-21-4/h5-12H,4,13H2,1-3H3,(H,22,24)/b10-9-. The smallest absolute Gasteiger partial charge is 0.435 e. The second-order valence-corrected chi connectivity index (χ2v) is 6.76. The zero-order valence-corrected chi connectivity index (χ0v) is 16.3. The third kappa shape index (κ3) is 6.38. The molecule has 0 saturated carbocycles. The van der Waals surface area contributed by atoms with Crippen molar-refractivity contribution in [3.63, 3.8) is 0 Å². The van der Waals surface area contributed by atoms with Crippen molar-refractivity contribution in [2.75, 3.05) is 11.3 Å². The monoisotopic (exact) mass is 387 g/mol. The van der Waals surface area contributed by atoms with Crippen LogP contribution in [0.15, 0.2) is 58.9 Å². The van der Waals surface area contributed by atoms with Gasteiger partial charge in [-0.3, -0.25) is 9.98 Å². The van der Waals surface area contributed by atoms with Crippen LogP contribution in [0.1, 0.15) is 20.8 Å². The number of benzene rings is 1. The lowest BCUT2D eigenvalue weighted by molar-refractivity contribution is 0.0514. The van der Waals surface area contributed by atoms with E-state index in [2.05, 4.69) is 27.1 Å². The van der Waals surface area contributed by atoms with Crippen molar-refractivity contribution in [3.05, 3.63) is 48.9 Å². The van der Waals surface area contributed by atoms with E-state index in [1.807, 2.05) is 45.0 Å². The number of nitrogens with zero attached hydrogens (tertiary/aromatic N) is 4. The topological polar surface area (TPSA) is 80.9 Å². The van der Waals surface area contributed by atoms with Crippen LogP contribution in [0.5, 0.6) is 0 Å². The lowest BCUT2D eigenvalue weighted by atomic mass is 10.1. The van der Waals surface area contributed by atoms with Crippen LogP contribution in [-0.4, -0.2) is 40.0 Å². The number of hydrogen-bond donors (Lipinski definition) is 1. The van der Waals surface area contributed by atoms with Gasteiger partial charge in [0, 0.05) is 23.6 Å². The molecule has 0 saturated heterocycles. The summed E-state index contributed by atoms with van der Waals surface area (Å²) in [7, 11) is 0. The predicted molar refractivity (Wildman–Crippen MR) is 110 cm³/mol. The largest absolute Gasteiger partial charge is 0.442 e. The van der Waals surface area contributed by atoms with Gasteiger partial charge in [0.15, 0.2) is 0 Å². The van der Waals surface area contributed by atoms with E-state index in [-0.39, 0.29) is 6.00 Å². The Labute approximate surface area is 163 Å². The molecule has 0 aliphatic carbocycles. The highest BCUT2D eigenvalue weighted by molar-refractivity contribution is 6.19. The normalized spacial score (nSPS) is 12.2. The first kappa shape index (κ1) is 20.4. The van der Waals surface area contributed by atoms with Crippen LogP contribution in [0, 0.1) is 0 Å². The van der Waals surface area contributed by atoms with Crippen LogP contribution >= 0.6 is 11.6 Å².